The van der Waals surface area contributed by atoms with Gasteiger partial charge in [-0.05, 0) is 59.7 Å². The van der Waals surface area contributed by atoms with Gasteiger partial charge in [0, 0.05) is 6.20 Å². The van der Waals surface area contributed by atoms with Crippen molar-refractivity contribution in [2.75, 3.05) is 0 Å². The number of rotatable bonds is 2. The van der Waals surface area contributed by atoms with Crippen LogP contribution in [0.25, 0.3) is 0 Å². The predicted molar refractivity (Wildman–Crippen MR) is 80.9 cm³/mol. The number of nitrogens with zero attached hydrogens (tertiary/aromatic N) is 3. The summed E-state index contributed by atoms with van der Waals surface area (Å²) in [5.74, 6) is 0.689. The van der Waals surface area contributed by atoms with E-state index in [0.717, 1.165) is 11.1 Å². The molecule has 0 amide bonds. The lowest BCUT2D eigenvalue weighted by atomic mass is 10.1. The zero-order chi connectivity index (χ0) is 14.0. The molecule has 2 rings (SSSR count). The van der Waals surface area contributed by atoms with Gasteiger partial charge in [0.1, 0.15) is 5.82 Å². The normalized spacial score (nSPS) is 10.2. The molecule has 0 bridgehead atoms. The molecule has 1 heterocycles. The molecule has 0 aliphatic carbocycles. The average molecular weight is 365 g/mol. The Morgan fingerprint density at radius 2 is 2.16 bits per heavy atom. The molecule has 5 heteroatoms. The minimum absolute atomic E-state index is 0.0307. The van der Waals surface area contributed by atoms with Crippen molar-refractivity contribution < 1.29 is 0 Å². The number of hydrogen-bond acceptors (Lipinski definition) is 3. The van der Waals surface area contributed by atoms with Crippen LogP contribution < -0.4 is 5.56 Å². The van der Waals surface area contributed by atoms with Gasteiger partial charge in [-0.2, -0.15) is 5.26 Å². The highest BCUT2D eigenvalue weighted by atomic mass is 127. The first-order valence-electron chi connectivity index (χ1n) is 5.74. The van der Waals surface area contributed by atoms with Crippen LogP contribution in [0.3, 0.4) is 0 Å². The Morgan fingerprint density at radius 1 is 1.42 bits per heavy atom. The van der Waals surface area contributed by atoms with E-state index in [-0.39, 0.29) is 5.56 Å². The fraction of sp³-hybridized carbons (Fsp3) is 0.214. The molecule has 2 aromatic rings. The Hall–Kier alpha value is -1.68. The Labute approximate surface area is 124 Å². The van der Waals surface area contributed by atoms with Crippen LogP contribution in [0.2, 0.25) is 0 Å². The number of aryl methyl sites for hydroxylation is 2. The summed E-state index contributed by atoms with van der Waals surface area (Å²) in [4.78, 5) is 16.3. The molecule has 0 N–H and O–H groups in total. The molecule has 96 valence electrons. The topological polar surface area (TPSA) is 58.7 Å². The first-order chi connectivity index (χ1) is 9.02. The van der Waals surface area contributed by atoms with E-state index < -0.39 is 0 Å². The van der Waals surface area contributed by atoms with Gasteiger partial charge in [-0.3, -0.25) is 9.36 Å². The Morgan fingerprint density at radius 3 is 2.79 bits per heavy atom. The highest BCUT2D eigenvalue weighted by Gasteiger charge is 2.08. The molecule has 0 aliphatic rings. The highest BCUT2D eigenvalue weighted by molar-refractivity contribution is 14.1. The minimum Gasteiger partial charge on any atom is -0.291 e. The second kappa shape index (κ2) is 5.53. The van der Waals surface area contributed by atoms with Gasteiger partial charge in [0.05, 0.1) is 21.7 Å². The Kier molecular flexibility index (Phi) is 4.00. The lowest BCUT2D eigenvalue weighted by Gasteiger charge is -2.11. The molecule has 1 aromatic carbocycles. The highest BCUT2D eigenvalue weighted by Crippen LogP contribution is 2.12. The summed E-state index contributed by atoms with van der Waals surface area (Å²) in [5, 5.41) is 8.85. The summed E-state index contributed by atoms with van der Waals surface area (Å²) in [7, 11) is 0. The number of benzene rings is 1. The Balaban J connectivity index is 2.46. The molecule has 0 atom stereocenters. The first-order valence-corrected chi connectivity index (χ1v) is 6.82. The standard InChI is InChI=1S/C14H12IN3O/c1-9-5-11(6-16)3-4-12(9)8-18-10(2)17-7-13(15)14(18)19/h3-5,7H,8H2,1-2H3. The van der Waals surface area contributed by atoms with Gasteiger partial charge in [0.2, 0.25) is 0 Å². The van der Waals surface area contributed by atoms with Gasteiger partial charge in [0.25, 0.3) is 5.56 Å². The molecule has 4 nitrogen and oxygen atoms in total. The van der Waals surface area contributed by atoms with Crippen LogP contribution in [0.5, 0.6) is 0 Å². The zero-order valence-electron chi connectivity index (χ0n) is 10.6. The van der Waals surface area contributed by atoms with Crippen molar-refractivity contribution in [1.82, 2.24) is 9.55 Å². The average Bonchev–Trinajstić information content (AvgIpc) is 2.40. The molecule has 19 heavy (non-hydrogen) atoms. The maximum Gasteiger partial charge on any atom is 0.267 e. The quantitative estimate of drug-likeness (QED) is 0.768. The van der Waals surface area contributed by atoms with Gasteiger partial charge in [-0.1, -0.05) is 6.07 Å². The van der Waals surface area contributed by atoms with E-state index in [0.29, 0.717) is 21.5 Å². The van der Waals surface area contributed by atoms with Crippen LogP contribution in [0.15, 0.2) is 29.2 Å². The summed E-state index contributed by atoms with van der Waals surface area (Å²) >= 11 is 1.99. The molecule has 0 saturated heterocycles. The van der Waals surface area contributed by atoms with Crippen molar-refractivity contribution in [2.45, 2.75) is 20.4 Å². The van der Waals surface area contributed by atoms with Crippen molar-refractivity contribution in [2.24, 2.45) is 0 Å². The number of hydrogen-bond donors (Lipinski definition) is 0. The molecule has 0 fully saturated rings. The summed E-state index contributed by atoms with van der Waals surface area (Å²) in [6.07, 6.45) is 1.58. The summed E-state index contributed by atoms with van der Waals surface area (Å²) < 4.78 is 2.25. The van der Waals surface area contributed by atoms with E-state index in [2.05, 4.69) is 11.1 Å². The lowest BCUT2D eigenvalue weighted by Crippen LogP contribution is -2.26. The molecular formula is C14H12IN3O. The number of aromatic nitrogens is 2. The van der Waals surface area contributed by atoms with Crippen molar-refractivity contribution in [3.05, 3.63) is 60.8 Å². The van der Waals surface area contributed by atoms with Crippen LogP contribution in [0.1, 0.15) is 22.5 Å². The van der Waals surface area contributed by atoms with E-state index in [9.17, 15) is 4.79 Å². The largest absolute Gasteiger partial charge is 0.291 e. The molecule has 0 saturated carbocycles. The van der Waals surface area contributed by atoms with Crippen LogP contribution in [-0.2, 0) is 6.54 Å². The SMILES string of the molecule is Cc1cc(C#N)ccc1Cn1c(C)ncc(I)c1=O. The predicted octanol–water partition coefficient (Wildman–Crippen LogP) is 2.38. The van der Waals surface area contributed by atoms with E-state index in [1.165, 1.54) is 0 Å². The van der Waals surface area contributed by atoms with E-state index in [1.54, 1.807) is 16.8 Å². The summed E-state index contributed by atoms with van der Waals surface area (Å²) in [5.41, 5.74) is 2.63. The summed E-state index contributed by atoms with van der Waals surface area (Å²) in [6.45, 7) is 4.24. The van der Waals surface area contributed by atoms with E-state index >= 15 is 0 Å². The Bertz CT molecular complexity index is 728. The smallest absolute Gasteiger partial charge is 0.267 e. The second-order valence-corrected chi connectivity index (χ2v) is 5.46. The molecule has 0 radical (unpaired) electrons. The number of halogens is 1. The van der Waals surface area contributed by atoms with Gasteiger partial charge in [-0.25, -0.2) is 4.98 Å². The van der Waals surface area contributed by atoms with Gasteiger partial charge in [0.15, 0.2) is 0 Å². The van der Waals surface area contributed by atoms with Crippen LogP contribution >= 0.6 is 22.6 Å². The van der Waals surface area contributed by atoms with Gasteiger partial charge < -0.3 is 0 Å². The van der Waals surface area contributed by atoms with Crippen molar-refractivity contribution in [3.8, 4) is 6.07 Å². The molecule has 0 unspecified atom stereocenters. The monoisotopic (exact) mass is 365 g/mol. The molecular weight excluding hydrogens is 353 g/mol. The third kappa shape index (κ3) is 2.84. The number of nitriles is 1. The first kappa shape index (κ1) is 13.7. The molecule has 0 aliphatic heterocycles. The fourth-order valence-corrected chi connectivity index (χ4v) is 2.28. The van der Waals surface area contributed by atoms with E-state index in [1.807, 2.05) is 48.6 Å². The van der Waals surface area contributed by atoms with Crippen molar-refractivity contribution in [3.63, 3.8) is 0 Å². The second-order valence-electron chi connectivity index (χ2n) is 4.30. The van der Waals surface area contributed by atoms with Gasteiger partial charge in [-0.15, -0.1) is 0 Å². The minimum atomic E-state index is -0.0307. The fourth-order valence-electron chi connectivity index (χ4n) is 1.85. The maximum atomic E-state index is 12.1. The third-order valence-corrected chi connectivity index (χ3v) is 3.74. The van der Waals surface area contributed by atoms with Crippen LogP contribution in [-0.4, -0.2) is 9.55 Å². The van der Waals surface area contributed by atoms with Crippen LogP contribution in [0.4, 0.5) is 0 Å². The zero-order valence-corrected chi connectivity index (χ0v) is 12.8. The lowest BCUT2D eigenvalue weighted by molar-refractivity contribution is 0.692. The van der Waals surface area contributed by atoms with Crippen LogP contribution in [0, 0.1) is 28.7 Å². The van der Waals surface area contributed by atoms with Crippen molar-refractivity contribution >= 4 is 22.6 Å². The van der Waals surface area contributed by atoms with Crippen molar-refractivity contribution in [1.29, 1.82) is 5.26 Å². The maximum absolute atomic E-state index is 12.1. The molecule has 1 aromatic heterocycles. The third-order valence-electron chi connectivity index (χ3n) is 3.00. The van der Waals surface area contributed by atoms with E-state index in [4.69, 9.17) is 5.26 Å². The summed E-state index contributed by atoms with van der Waals surface area (Å²) in [6, 6.07) is 7.60. The molecule has 0 spiro atoms. The van der Waals surface area contributed by atoms with Gasteiger partial charge >= 0.3 is 0 Å².